The van der Waals surface area contributed by atoms with Crippen molar-refractivity contribution in [3.8, 4) is 5.69 Å². The Balaban J connectivity index is 2.51. The second-order valence-electron chi connectivity index (χ2n) is 3.79. The number of benzene rings is 1. The molecule has 1 aromatic carbocycles. The van der Waals surface area contributed by atoms with E-state index in [2.05, 4.69) is 10.4 Å². The van der Waals surface area contributed by atoms with Gasteiger partial charge in [-0.05, 0) is 24.7 Å². The summed E-state index contributed by atoms with van der Waals surface area (Å²) >= 11 is 6.18. The van der Waals surface area contributed by atoms with Gasteiger partial charge in [-0.2, -0.15) is 5.10 Å². The van der Waals surface area contributed by atoms with Crippen molar-refractivity contribution in [3.05, 3.63) is 46.7 Å². The molecule has 0 spiro atoms. The first kappa shape index (κ1) is 12.6. The topological polar surface area (TPSA) is 72.9 Å². The number of carbonyl (C=O) groups is 1. The number of halogens is 1. The minimum Gasteiger partial charge on any atom is -0.364 e. The Labute approximate surface area is 110 Å². The van der Waals surface area contributed by atoms with Crippen LogP contribution in [-0.2, 0) is 6.54 Å². The maximum absolute atomic E-state index is 11.0. The Hall–Kier alpha value is -1.85. The van der Waals surface area contributed by atoms with Crippen molar-refractivity contribution in [1.82, 2.24) is 15.1 Å². The van der Waals surface area contributed by atoms with Crippen LogP contribution < -0.4 is 11.1 Å². The van der Waals surface area contributed by atoms with Gasteiger partial charge in [0.05, 0.1) is 10.7 Å². The lowest BCUT2D eigenvalue weighted by Crippen LogP contribution is -2.13. The lowest BCUT2D eigenvalue weighted by molar-refractivity contribution is 0.0995. The van der Waals surface area contributed by atoms with Gasteiger partial charge < -0.3 is 11.1 Å². The van der Waals surface area contributed by atoms with Gasteiger partial charge in [-0.25, -0.2) is 4.68 Å². The third-order valence-corrected chi connectivity index (χ3v) is 2.81. The van der Waals surface area contributed by atoms with Gasteiger partial charge in [0.15, 0.2) is 0 Å². The van der Waals surface area contributed by atoms with E-state index in [-0.39, 0.29) is 5.69 Å². The summed E-state index contributed by atoms with van der Waals surface area (Å²) < 4.78 is 1.56. The summed E-state index contributed by atoms with van der Waals surface area (Å²) in [7, 11) is 1.85. The zero-order valence-electron chi connectivity index (χ0n) is 9.85. The second kappa shape index (κ2) is 5.20. The highest BCUT2D eigenvalue weighted by Gasteiger charge is 2.12. The molecule has 0 radical (unpaired) electrons. The van der Waals surface area contributed by atoms with E-state index in [4.69, 9.17) is 17.3 Å². The number of nitrogens with two attached hydrogens (primary N) is 1. The van der Waals surface area contributed by atoms with E-state index in [0.29, 0.717) is 11.6 Å². The molecule has 1 aromatic heterocycles. The van der Waals surface area contributed by atoms with E-state index in [9.17, 15) is 4.79 Å². The number of hydrogen-bond donors (Lipinski definition) is 2. The fourth-order valence-electron chi connectivity index (χ4n) is 1.73. The third-order valence-electron chi connectivity index (χ3n) is 2.51. The van der Waals surface area contributed by atoms with Crippen LogP contribution in [0.1, 0.15) is 16.1 Å². The molecule has 18 heavy (non-hydrogen) atoms. The molecule has 0 atom stereocenters. The molecule has 0 fully saturated rings. The molecule has 0 saturated carbocycles. The highest BCUT2D eigenvalue weighted by atomic mass is 35.5. The fraction of sp³-hybridized carbons (Fsp3) is 0.167. The Morgan fingerprint density at radius 3 is 2.89 bits per heavy atom. The predicted molar refractivity (Wildman–Crippen MR) is 69.9 cm³/mol. The summed E-state index contributed by atoms with van der Waals surface area (Å²) in [4.78, 5) is 11.0. The summed E-state index contributed by atoms with van der Waals surface area (Å²) in [5, 5.41) is 7.74. The van der Waals surface area contributed by atoms with Crippen LogP contribution in [0.2, 0.25) is 5.02 Å². The standard InChI is InChI=1S/C12H13ClN4O/c1-15-7-8-3-2-4-9(13)11(8)17-6-5-10(16-17)12(14)18/h2-6,15H,7H2,1H3,(H2,14,18). The molecule has 3 N–H and O–H groups in total. The number of aromatic nitrogens is 2. The molecule has 0 aliphatic rings. The van der Waals surface area contributed by atoms with E-state index >= 15 is 0 Å². The molecule has 0 aliphatic heterocycles. The molecule has 2 rings (SSSR count). The van der Waals surface area contributed by atoms with Crippen LogP contribution in [0.15, 0.2) is 30.5 Å². The molecule has 6 heteroatoms. The first-order chi connectivity index (χ1) is 8.63. The molecule has 2 aromatic rings. The predicted octanol–water partition coefficient (Wildman–Crippen LogP) is 1.34. The summed E-state index contributed by atoms with van der Waals surface area (Å²) in [6.07, 6.45) is 1.67. The minimum atomic E-state index is -0.559. The summed E-state index contributed by atoms with van der Waals surface area (Å²) in [5.41, 5.74) is 7.13. The van der Waals surface area contributed by atoms with Crippen molar-refractivity contribution in [2.45, 2.75) is 6.54 Å². The highest BCUT2D eigenvalue weighted by Crippen LogP contribution is 2.24. The third kappa shape index (κ3) is 2.37. The van der Waals surface area contributed by atoms with Gasteiger partial charge in [-0.15, -0.1) is 0 Å². The second-order valence-corrected chi connectivity index (χ2v) is 4.19. The zero-order valence-corrected chi connectivity index (χ0v) is 10.6. The summed E-state index contributed by atoms with van der Waals surface area (Å²) in [6.45, 7) is 0.654. The molecule has 0 unspecified atom stereocenters. The SMILES string of the molecule is CNCc1cccc(Cl)c1-n1ccc(C(N)=O)n1. The maximum atomic E-state index is 11.0. The quantitative estimate of drug-likeness (QED) is 0.875. The van der Waals surface area contributed by atoms with Gasteiger partial charge in [0, 0.05) is 12.7 Å². The van der Waals surface area contributed by atoms with Crippen molar-refractivity contribution in [2.24, 2.45) is 5.73 Å². The van der Waals surface area contributed by atoms with Gasteiger partial charge in [0.25, 0.3) is 5.91 Å². The van der Waals surface area contributed by atoms with Crippen LogP contribution in [0.25, 0.3) is 5.69 Å². The summed E-state index contributed by atoms with van der Waals surface area (Å²) in [6, 6.07) is 7.16. The van der Waals surface area contributed by atoms with Crippen LogP contribution in [0.4, 0.5) is 0 Å². The number of carbonyl (C=O) groups excluding carboxylic acids is 1. The van der Waals surface area contributed by atoms with Crippen LogP contribution >= 0.6 is 11.6 Å². The first-order valence-corrected chi connectivity index (χ1v) is 5.79. The fourth-order valence-corrected chi connectivity index (χ4v) is 2.01. The molecule has 94 valence electrons. The van der Waals surface area contributed by atoms with Gasteiger partial charge in [0.1, 0.15) is 5.69 Å². The number of nitrogens with one attached hydrogen (secondary N) is 1. The van der Waals surface area contributed by atoms with E-state index < -0.39 is 5.91 Å². The summed E-state index contributed by atoms with van der Waals surface area (Å²) in [5.74, 6) is -0.559. The van der Waals surface area contributed by atoms with Gasteiger partial charge in [-0.3, -0.25) is 4.79 Å². The Kier molecular flexibility index (Phi) is 3.64. The van der Waals surface area contributed by atoms with Crippen molar-refractivity contribution in [2.75, 3.05) is 7.05 Å². The number of nitrogens with zero attached hydrogens (tertiary/aromatic N) is 2. The smallest absolute Gasteiger partial charge is 0.269 e. The van der Waals surface area contributed by atoms with E-state index in [1.165, 1.54) is 0 Å². The molecule has 1 heterocycles. The van der Waals surface area contributed by atoms with Crippen LogP contribution in [-0.4, -0.2) is 22.7 Å². The maximum Gasteiger partial charge on any atom is 0.269 e. The number of para-hydroxylation sites is 1. The normalized spacial score (nSPS) is 10.6. The van der Waals surface area contributed by atoms with Crippen LogP contribution in [0, 0.1) is 0 Å². The van der Waals surface area contributed by atoms with Crippen molar-refractivity contribution >= 4 is 17.5 Å². The Morgan fingerprint density at radius 1 is 1.50 bits per heavy atom. The molecule has 0 bridgehead atoms. The van der Waals surface area contributed by atoms with Gasteiger partial charge in [-0.1, -0.05) is 23.7 Å². The number of hydrogen-bond acceptors (Lipinski definition) is 3. The van der Waals surface area contributed by atoms with E-state index in [1.807, 2.05) is 19.2 Å². The molecule has 1 amide bonds. The first-order valence-electron chi connectivity index (χ1n) is 5.41. The number of primary amides is 1. The molecule has 0 saturated heterocycles. The van der Waals surface area contributed by atoms with Gasteiger partial charge in [0.2, 0.25) is 0 Å². The monoisotopic (exact) mass is 264 g/mol. The minimum absolute atomic E-state index is 0.213. The number of amides is 1. The average Bonchev–Trinajstić information content (AvgIpc) is 2.79. The lowest BCUT2D eigenvalue weighted by Gasteiger charge is -2.11. The molecular weight excluding hydrogens is 252 g/mol. The Bertz CT molecular complexity index is 579. The van der Waals surface area contributed by atoms with E-state index in [0.717, 1.165) is 11.3 Å². The zero-order chi connectivity index (χ0) is 13.1. The molecule has 0 aliphatic carbocycles. The lowest BCUT2D eigenvalue weighted by atomic mass is 10.2. The van der Waals surface area contributed by atoms with Crippen molar-refractivity contribution in [3.63, 3.8) is 0 Å². The molecular formula is C12H13ClN4O. The van der Waals surface area contributed by atoms with Gasteiger partial charge >= 0.3 is 0 Å². The molecule has 5 nitrogen and oxygen atoms in total. The number of rotatable bonds is 4. The van der Waals surface area contributed by atoms with Crippen molar-refractivity contribution in [1.29, 1.82) is 0 Å². The highest BCUT2D eigenvalue weighted by molar-refractivity contribution is 6.32. The van der Waals surface area contributed by atoms with Crippen LogP contribution in [0.5, 0.6) is 0 Å². The van der Waals surface area contributed by atoms with Crippen LogP contribution in [0.3, 0.4) is 0 Å². The van der Waals surface area contributed by atoms with E-state index in [1.54, 1.807) is 23.0 Å². The average molecular weight is 265 g/mol. The Morgan fingerprint density at radius 2 is 2.28 bits per heavy atom. The van der Waals surface area contributed by atoms with Crippen molar-refractivity contribution < 1.29 is 4.79 Å². The largest absolute Gasteiger partial charge is 0.364 e.